The van der Waals surface area contributed by atoms with Crippen LogP contribution in [0.25, 0.3) is 0 Å². The summed E-state index contributed by atoms with van der Waals surface area (Å²) < 4.78 is 1.84. The van der Waals surface area contributed by atoms with Crippen molar-refractivity contribution in [2.24, 2.45) is 0 Å². The van der Waals surface area contributed by atoms with Crippen molar-refractivity contribution in [3.8, 4) is 0 Å². The maximum atomic E-state index is 12.7. The third-order valence-electron chi connectivity index (χ3n) is 4.69. The zero-order chi connectivity index (χ0) is 18.7. The Morgan fingerprint density at radius 1 is 1.19 bits per heavy atom. The molecule has 2 aromatic rings. The van der Waals surface area contributed by atoms with Gasteiger partial charge in [0.1, 0.15) is 0 Å². The zero-order valence-electron chi connectivity index (χ0n) is 15.7. The predicted molar refractivity (Wildman–Crippen MR) is 106 cm³/mol. The molecule has 0 saturated carbocycles. The van der Waals surface area contributed by atoms with E-state index in [1.54, 1.807) is 19.2 Å². The Morgan fingerprint density at radius 3 is 2.56 bits per heavy atom. The average molecular weight is 393 g/mol. The van der Waals surface area contributed by atoms with Gasteiger partial charge in [0.05, 0.1) is 23.0 Å². The average Bonchev–Trinajstić information content (AvgIpc) is 3.04. The number of hydrogen-bond donors (Lipinski definition) is 3. The van der Waals surface area contributed by atoms with E-state index in [2.05, 4.69) is 26.3 Å². The Kier molecular flexibility index (Phi) is 6.92. The molecular formula is C18H25ClN6O2. The highest BCUT2D eigenvalue weighted by Gasteiger charge is 2.23. The van der Waals surface area contributed by atoms with Crippen LogP contribution in [0.5, 0.6) is 0 Å². The monoisotopic (exact) mass is 392 g/mol. The highest BCUT2D eigenvalue weighted by Crippen LogP contribution is 2.22. The Labute approximate surface area is 164 Å². The molecule has 1 aromatic carbocycles. The van der Waals surface area contributed by atoms with Gasteiger partial charge in [0.2, 0.25) is 0 Å². The minimum atomic E-state index is -0.364. The number of aromatic nitrogens is 3. The fourth-order valence-electron chi connectivity index (χ4n) is 3.22. The van der Waals surface area contributed by atoms with E-state index in [9.17, 15) is 9.59 Å². The first-order valence-corrected chi connectivity index (χ1v) is 8.78. The lowest BCUT2D eigenvalue weighted by Gasteiger charge is -2.23. The lowest BCUT2D eigenvalue weighted by atomic mass is 10.1. The van der Waals surface area contributed by atoms with Crippen molar-refractivity contribution in [2.75, 3.05) is 25.5 Å². The molecule has 0 spiro atoms. The van der Waals surface area contributed by atoms with E-state index in [4.69, 9.17) is 0 Å². The standard InChI is InChI=1S/C18H24N6O2.ClH/c1-11-4-5-15(14(10-11)17(25)19-3)21-18(26)16-12(2)24(23-22-16)13-6-8-20-9-7-13;/h4-5,10,13,20H,6-9H2,1-3H3,(H,19,25)(H,21,26);1H. The van der Waals surface area contributed by atoms with Gasteiger partial charge in [-0.1, -0.05) is 16.8 Å². The van der Waals surface area contributed by atoms with Gasteiger partial charge in [0.25, 0.3) is 11.8 Å². The second-order valence-corrected chi connectivity index (χ2v) is 6.53. The molecule has 1 aliphatic rings. The van der Waals surface area contributed by atoms with Crippen molar-refractivity contribution in [3.63, 3.8) is 0 Å². The van der Waals surface area contributed by atoms with E-state index in [0.29, 0.717) is 11.3 Å². The molecule has 1 saturated heterocycles. The number of hydrogen-bond acceptors (Lipinski definition) is 5. The summed E-state index contributed by atoms with van der Waals surface area (Å²) in [5, 5.41) is 17.0. The van der Waals surface area contributed by atoms with Crippen LogP contribution in [0, 0.1) is 13.8 Å². The summed E-state index contributed by atoms with van der Waals surface area (Å²) in [5.74, 6) is -0.615. The number of rotatable bonds is 4. The molecule has 27 heavy (non-hydrogen) atoms. The highest BCUT2D eigenvalue weighted by molar-refractivity contribution is 6.08. The van der Waals surface area contributed by atoms with Gasteiger partial charge in [-0.25, -0.2) is 4.68 Å². The molecule has 146 valence electrons. The second-order valence-electron chi connectivity index (χ2n) is 6.53. The SMILES string of the molecule is CNC(=O)c1cc(C)ccc1NC(=O)c1nnn(C2CCNCC2)c1C.Cl. The first-order valence-electron chi connectivity index (χ1n) is 8.78. The van der Waals surface area contributed by atoms with Gasteiger partial charge in [-0.2, -0.15) is 0 Å². The van der Waals surface area contributed by atoms with E-state index in [0.717, 1.165) is 37.2 Å². The molecule has 0 bridgehead atoms. The fourth-order valence-corrected chi connectivity index (χ4v) is 3.22. The Morgan fingerprint density at radius 2 is 1.89 bits per heavy atom. The van der Waals surface area contributed by atoms with Crippen LogP contribution >= 0.6 is 12.4 Å². The molecule has 8 nitrogen and oxygen atoms in total. The zero-order valence-corrected chi connectivity index (χ0v) is 16.5. The molecule has 3 N–H and O–H groups in total. The third-order valence-corrected chi connectivity index (χ3v) is 4.69. The lowest BCUT2D eigenvalue weighted by molar-refractivity contribution is 0.0964. The van der Waals surface area contributed by atoms with Crippen LogP contribution in [0.2, 0.25) is 0 Å². The maximum Gasteiger partial charge on any atom is 0.278 e. The normalized spacial score (nSPS) is 14.3. The Bertz CT molecular complexity index is 829. The molecule has 0 radical (unpaired) electrons. The van der Waals surface area contributed by atoms with Gasteiger partial charge in [0, 0.05) is 7.05 Å². The molecule has 3 rings (SSSR count). The number of piperidine rings is 1. The van der Waals surface area contributed by atoms with Gasteiger partial charge in [0.15, 0.2) is 5.69 Å². The molecule has 0 atom stereocenters. The highest BCUT2D eigenvalue weighted by atomic mass is 35.5. The van der Waals surface area contributed by atoms with Crippen LogP contribution in [0.3, 0.4) is 0 Å². The summed E-state index contributed by atoms with van der Waals surface area (Å²) in [7, 11) is 1.56. The van der Waals surface area contributed by atoms with E-state index in [1.165, 1.54) is 0 Å². The number of nitrogens with zero attached hydrogens (tertiary/aromatic N) is 3. The molecule has 0 aliphatic carbocycles. The fraction of sp³-hybridized carbons (Fsp3) is 0.444. The predicted octanol–water partition coefficient (Wildman–Crippen LogP) is 1.85. The Balaban J connectivity index is 0.00000261. The molecule has 9 heteroatoms. The molecule has 1 fully saturated rings. The topological polar surface area (TPSA) is 101 Å². The largest absolute Gasteiger partial charge is 0.355 e. The van der Waals surface area contributed by atoms with Gasteiger partial charge in [-0.05, 0) is 51.9 Å². The maximum absolute atomic E-state index is 12.7. The van der Waals surface area contributed by atoms with Crippen molar-refractivity contribution in [3.05, 3.63) is 40.7 Å². The first kappa shape index (κ1) is 20.9. The van der Waals surface area contributed by atoms with Crippen molar-refractivity contribution < 1.29 is 9.59 Å². The third kappa shape index (κ3) is 4.45. The van der Waals surface area contributed by atoms with Gasteiger partial charge >= 0.3 is 0 Å². The van der Waals surface area contributed by atoms with Crippen LogP contribution in [-0.2, 0) is 0 Å². The van der Waals surface area contributed by atoms with E-state index in [1.807, 2.05) is 24.6 Å². The van der Waals surface area contributed by atoms with Gasteiger partial charge in [-0.3, -0.25) is 9.59 Å². The molecular weight excluding hydrogens is 368 g/mol. The summed E-state index contributed by atoms with van der Waals surface area (Å²) >= 11 is 0. The van der Waals surface area contributed by atoms with Crippen LogP contribution in [0.1, 0.15) is 51.0 Å². The molecule has 1 aliphatic heterocycles. The van der Waals surface area contributed by atoms with Crippen molar-refractivity contribution >= 4 is 29.9 Å². The van der Waals surface area contributed by atoms with Crippen molar-refractivity contribution in [1.29, 1.82) is 0 Å². The number of nitrogens with one attached hydrogen (secondary N) is 3. The number of carbonyl (C=O) groups excluding carboxylic acids is 2. The Hall–Kier alpha value is -2.45. The number of aryl methyl sites for hydroxylation is 1. The van der Waals surface area contributed by atoms with Crippen LogP contribution < -0.4 is 16.0 Å². The number of benzene rings is 1. The van der Waals surface area contributed by atoms with Crippen LogP contribution in [-0.4, -0.2) is 46.9 Å². The number of halogens is 1. The molecule has 1 aromatic heterocycles. The van der Waals surface area contributed by atoms with Crippen molar-refractivity contribution in [2.45, 2.75) is 32.7 Å². The smallest absolute Gasteiger partial charge is 0.278 e. The number of amides is 2. The van der Waals surface area contributed by atoms with E-state index >= 15 is 0 Å². The number of carbonyl (C=O) groups is 2. The van der Waals surface area contributed by atoms with Crippen LogP contribution in [0.4, 0.5) is 5.69 Å². The summed E-state index contributed by atoms with van der Waals surface area (Å²) in [5.41, 5.74) is 2.84. The van der Waals surface area contributed by atoms with Gasteiger partial charge in [-0.15, -0.1) is 17.5 Å². The number of anilines is 1. The van der Waals surface area contributed by atoms with Crippen molar-refractivity contribution in [1.82, 2.24) is 25.6 Å². The molecule has 2 amide bonds. The quantitative estimate of drug-likeness (QED) is 0.737. The minimum Gasteiger partial charge on any atom is -0.355 e. The van der Waals surface area contributed by atoms with E-state index < -0.39 is 0 Å². The summed E-state index contributed by atoms with van der Waals surface area (Å²) in [6.07, 6.45) is 1.92. The van der Waals surface area contributed by atoms with E-state index in [-0.39, 0.29) is 36.0 Å². The molecule has 2 heterocycles. The first-order chi connectivity index (χ1) is 12.5. The summed E-state index contributed by atoms with van der Waals surface area (Å²) in [6.45, 7) is 5.62. The minimum absolute atomic E-state index is 0. The summed E-state index contributed by atoms with van der Waals surface area (Å²) in [4.78, 5) is 24.8. The second kappa shape index (κ2) is 8.96. The van der Waals surface area contributed by atoms with Crippen LogP contribution in [0.15, 0.2) is 18.2 Å². The molecule has 0 unspecified atom stereocenters. The summed E-state index contributed by atoms with van der Waals surface area (Å²) in [6, 6.07) is 5.57. The van der Waals surface area contributed by atoms with Gasteiger partial charge < -0.3 is 16.0 Å². The lowest BCUT2D eigenvalue weighted by Crippen LogP contribution is -2.30.